The van der Waals surface area contributed by atoms with Gasteiger partial charge in [0, 0.05) is 17.8 Å². The Kier molecular flexibility index (Phi) is 5.41. The average Bonchev–Trinajstić information content (AvgIpc) is 3.07. The number of amides is 2. The maximum atomic E-state index is 12.3. The summed E-state index contributed by atoms with van der Waals surface area (Å²) in [6, 6.07) is 12.3. The number of fused-ring (bicyclic) bond motifs is 1. The van der Waals surface area contributed by atoms with Crippen LogP contribution in [-0.2, 0) is 11.2 Å². The summed E-state index contributed by atoms with van der Waals surface area (Å²) in [5.74, 6) is 1.41. The first-order valence-electron chi connectivity index (χ1n) is 8.58. The second-order valence-corrected chi connectivity index (χ2v) is 6.60. The fraction of sp³-hybridized carbons (Fsp3) is 0.300. The Morgan fingerprint density at radius 3 is 2.69 bits per heavy atom. The summed E-state index contributed by atoms with van der Waals surface area (Å²) in [6.07, 6.45) is 0.209. The zero-order valence-electron chi connectivity index (χ0n) is 14.9. The van der Waals surface area contributed by atoms with Crippen LogP contribution in [0.25, 0.3) is 0 Å². The van der Waals surface area contributed by atoms with Crippen molar-refractivity contribution in [3.8, 4) is 11.5 Å². The number of benzene rings is 2. The first-order chi connectivity index (χ1) is 12.5. The lowest BCUT2D eigenvalue weighted by Gasteiger charge is -2.10. The summed E-state index contributed by atoms with van der Waals surface area (Å²) in [7, 11) is 0. The Balaban J connectivity index is 1.60. The van der Waals surface area contributed by atoms with E-state index in [1.54, 1.807) is 36.4 Å². The van der Waals surface area contributed by atoms with Crippen LogP contribution < -0.4 is 20.1 Å². The minimum atomic E-state index is -0.163. The normalized spacial score (nSPS) is 12.1. The molecule has 6 heteroatoms. The highest BCUT2D eigenvalue weighted by Gasteiger charge is 2.15. The predicted octanol–water partition coefficient (Wildman–Crippen LogP) is 2.98. The molecule has 6 nitrogen and oxygen atoms in total. The maximum Gasteiger partial charge on any atom is 0.251 e. The van der Waals surface area contributed by atoms with Crippen LogP contribution in [0, 0.1) is 5.92 Å². The van der Waals surface area contributed by atoms with Crippen molar-refractivity contribution >= 4 is 17.5 Å². The molecule has 1 aliphatic heterocycles. The molecule has 0 spiro atoms. The van der Waals surface area contributed by atoms with Crippen molar-refractivity contribution in [2.75, 3.05) is 18.7 Å². The average molecular weight is 354 g/mol. The van der Waals surface area contributed by atoms with Crippen LogP contribution in [0.5, 0.6) is 11.5 Å². The summed E-state index contributed by atoms with van der Waals surface area (Å²) >= 11 is 0. The molecule has 0 fully saturated rings. The van der Waals surface area contributed by atoms with E-state index < -0.39 is 0 Å². The van der Waals surface area contributed by atoms with Crippen LogP contribution in [0.15, 0.2) is 42.5 Å². The van der Waals surface area contributed by atoms with Gasteiger partial charge in [0.1, 0.15) is 0 Å². The molecule has 0 radical (unpaired) electrons. The van der Waals surface area contributed by atoms with Gasteiger partial charge in [-0.1, -0.05) is 26.0 Å². The lowest BCUT2D eigenvalue weighted by atomic mass is 10.1. The molecule has 0 atom stereocenters. The van der Waals surface area contributed by atoms with Crippen molar-refractivity contribution in [3.05, 3.63) is 53.6 Å². The third-order valence-corrected chi connectivity index (χ3v) is 3.88. The number of hydrogen-bond acceptors (Lipinski definition) is 4. The minimum absolute atomic E-state index is 0.148. The van der Waals surface area contributed by atoms with Gasteiger partial charge in [0.25, 0.3) is 5.91 Å². The van der Waals surface area contributed by atoms with Gasteiger partial charge in [0.15, 0.2) is 11.5 Å². The van der Waals surface area contributed by atoms with E-state index in [2.05, 4.69) is 10.6 Å². The highest BCUT2D eigenvalue weighted by molar-refractivity contribution is 5.97. The van der Waals surface area contributed by atoms with Crippen molar-refractivity contribution in [1.82, 2.24) is 5.32 Å². The quantitative estimate of drug-likeness (QED) is 0.836. The summed E-state index contributed by atoms with van der Waals surface area (Å²) in [5, 5.41) is 5.69. The van der Waals surface area contributed by atoms with E-state index in [9.17, 15) is 9.59 Å². The lowest BCUT2D eigenvalue weighted by molar-refractivity contribution is -0.115. The van der Waals surface area contributed by atoms with Gasteiger partial charge in [-0.2, -0.15) is 0 Å². The highest BCUT2D eigenvalue weighted by Crippen LogP contribution is 2.32. The van der Waals surface area contributed by atoms with E-state index in [-0.39, 0.29) is 25.0 Å². The molecule has 2 amide bonds. The van der Waals surface area contributed by atoms with E-state index in [0.717, 1.165) is 5.56 Å². The smallest absolute Gasteiger partial charge is 0.251 e. The molecule has 3 rings (SSSR count). The number of rotatable bonds is 6. The molecular formula is C20H22N2O4. The van der Waals surface area contributed by atoms with E-state index in [0.29, 0.717) is 35.2 Å². The third-order valence-electron chi connectivity index (χ3n) is 3.88. The van der Waals surface area contributed by atoms with Gasteiger partial charge in [-0.15, -0.1) is 0 Å². The van der Waals surface area contributed by atoms with E-state index in [1.807, 2.05) is 19.9 Å². The van der Waals surface area contributed by atoms with Gasteiger partial charge in [-0.3, -0.25) is 9.59 Å². The van der Waals surface area contributed by atoms with Gasteiger partial charge in [0.05, 0.1) is 6.42 Å². The first-order valence-corrected chi connectivity index (χ1v) is 8.58. The van der Waals surface area contributed by atoms with Crippen molar-refractivity contribution in [2.24, 2.45) is 5.92 Å². The molecule has 2 N–H and O–H groups in total. The number of carbonyl (C=O) groups is 2. The number of anilines is 1. The molecule has 26 heavy (non-hydrogen) atoms. The van der Waals surface area contributed by atoms with Crippen LogP contribution in [-0.4, -0.2) is 25.2 Å². The summed E-state index contributed by atoms with van der Waals surface area (Å²) in [6.45, 7) is 4.89. The Morgan fingerprint density at radius 2 is 1.88 bits per heavy atom. The van der Waals surface area contributed by atoms with E-state index in [4.69, 9.17) is 9.47 Å². The molecule has 0 saturated heterocycles. The van der Waals surface area contributed by atoms with Crippen LogP contribution in [0.1, 0.15) is 29.8 Å². The van der Waals surface area contributed by atoms with Crippen molar-refractivity contribution in [1.29, 1.82) is 0 Å². The van der Waals surface area contributed by atoms with Gasteiger partial charge in [-0.25, -0.2) is 0 Å². The third kappa shape index (κ3) is 4.53. The molecule has 2 aromatic rings. The SMILES string of the molecule is CC(C)CNC(=O)c1cccc(NC(=O)Cc2ccc3c(c2)OCO3)c1. The van der Waals surface area contributed by atoms with Gasteiger partial charge in [-0.05, 0) is 41.8 Å². The molecule has 0 aromatic heterocycles. The number of ether oxygens (including phenoxy) is 2. The molecule has 1 heterocycles. The number of nitrogens with one attached hydrogen (secondary N) is 2. The predicted molar refractivity (Wildman–Crippen MR) is 98.5 cm³/mol. The fourth-order valence-electron chi connectivity index (χ4n) is 2.58. The zero-order chi connectivity index (χ0) is 18.5. The van der Waals surface area contributed by atoms with Crippen LogP contribution in [0.3, 0.4) is 0 Å². The zero-order valence-corrected chi connectivity index (χ0v) is 14.9. The Labute approximate surface area is 152 Å². The molecule has 0 saturated carbocycles. The van der Waals surface area contributed by atoms with Crippen LogP contribution in [0.2, 0.25) is 0 Å². The molecule has 1 aliphatic rings. The van der Waals surface area contributed by atoms with Gasteiger partial charge in [0.2, 0.25) is 12.7 Å². The number of carbonyl (C=O) groups excluding carboxylic acids is 2. The first kappa shape index (κ1) is 17.8. The second kappa shape index (κ2) is 7.91. The molecular weight excluding hydrogens is 332 g/mol. The molecule has 2 aromatic carbocycles. The van der Waals surface area contributed by atoms with Gasteiger partial charge < -0.3 is 20.1 Å². The Hall–Kier alpha value is -3.02. The van der Waals surface area contributed by atoms with E-state index >= 15 is 0 Å². The topological polar surface area (TPSA) is 76.7 Å². The standard InChI is InChI=1S/C20H22N2O4/c1-13(2)11-21-20(24)15-4-3-5-16(10-15)22-19(23)9-14-6-7-17-18(8-14)26-12-25-17/h3-8,10,13H,9,11-12H2,1-2H3,(H,21,24)(H,22,23). The van der Waals surface area contributed by atoms with Crippen LogP contribution in [0.4, 0.5) is 5.69 Å². The molecule has 0 aliphatic carbocycles. The van der Waals surface area contributed by atoms with Gasteiger partial charge >= 0.3 is 0 Å². The van der Waals surface area contributed by atoms with E-state index in [1.165, 1.54) is 0 Å². The Bertz CT molecular complexity index is 817. The van der Waals surface area contributed by atoms with Crippen LogP contribution >= 0.6 is 0 Å². The molecule has 0 unspecified atom stereocenters. The fourth-order valence-corrected chi connectivity index (χ4v) is 2.58. The summed E-state index contributed by atoms with van der Waals surface area (Å²) in [5.41, 5.74) is 1.94. The molecule has 0 bridgehead atoms. The maximum absolute atomic E-state index is 12.3. The minimum Gasteiger partial charge on any atom is -0.454 e. The largest absolute Gasteiger partial charge is 0.454 e. The highest BCUT2D eigenvalue weighted by atomic mass is 16.7. The lowest BCUT2D eigenvalue weighted by Crippen LogP contribution is -2.27. The van der Waals surface area contributed by atoms with Crippen molar-refractivity contribution in [2.45, 2.75) is 20.3 Å². The second-order valence-electron chi connectivity index (χ2n) is 6.60. The monoisotopic (exact) mass is 354 g/mol. The molecule has 136 valence electrons. The summed E-state index contributed by atoms with van der Waals surface area (Å²) in [4.78, 5) is 24.4. The Morgan fingerprint density at radius 1 is 1.08 bits per heavy atom. The number of hydrogen-bond donors (Lipinski definition) is 2. The van der Waals surface area contributed by atoms with Crippen molar-refractivity contribution < 1.29 is 19.1 Å². The van der Waals surface area contributed by atoms with Crippen molar-refractivity contribution in [3.63, 3.8) is 0 Å². The summed E-state index contributed by atoms with van der Waals surface area (Å²) < 4.78 is 10.6.